The van der Waals surface area contributed by atoms with Crippen molar-refractivity contribution in [3.63, 3.8) is 0 Å². The van der Waals surface area contributed by atoms with Crippen LogP contribution in [0.25, 0.3) is 22.2 Å². The SMILES string of the molecule is COCCN[C@H]1CC[C@H](c2cnc(N)c3c(-c4cc(F)c(NS(=O)(=O)c5cccc(F)c5)cc4F)nn(C(C)C)c32)CC1. The minimum atomic E-state index is -4.39. The molecule has 9 nitrogen and oxygen atoms in total. The van der Waals surface area contributed by atoms with Gasteiger partial charge in [-0.05, 0) is 75.3 Å². The molecule has 13 heteroatoms. The summed E-state index contributed by atoms with van der Waals surface area (Å²) >= 11 is 0. The van der Waals surface area contributed by atoms with E-state index in [1.54, 1.807) is 18.0 Å². The van der Waals surface area contributed by atoms with Crippen LogP contribution in [0.2, 0.25) is 0 Å². The summed E-state index contributed by atoms with van der Waals surface area (Å²) in [6, 6.07) is 6.11. The number of methoxy groups -OCH3 is 1. The van der Waals surface area contributed by atoms with Crippen molar-refractivity contribution in [1.82, 2.24) is 20.1 Å². The Morgan fingerprint density at radius 3 is 2.51 bits per heavy atom. The van der Waals surface area contributed by atoms with E-state index in [0.29, 0.717) is 18.0 Å². The standard InChI is InChI=1S/C30H35F3N6O3S/c1-17(2)39-29-23(18-7-9-20(10-8-18)35-11-12-42-3)16-36-30(34)27(29)28(37-39)22-14-25(33)26(15-24(22)32)38-43(40,41)21-6-4-5-19(31)13-21/h4-6,13-18,20,35,38H,7-12H2,1-3H3,(H2,34,36)/t18-,20-. The normalized spacial score (nSPS) is 17.6. The third-order valence-corrected chi connectivity index (χ3v) is 9.20. The van der Waals surface area contributed by atoms with E-state index in [2.05, 4.69) is 15.4 Å². The summed E-state index contributed by atoms with van der Waals surface area (Å²) in [4.78, 5) is 4.01. The van der Waals surface area contributed by atoms with Gasteiger partial charge < -0.3 is 15.8 Å². The Bertz CT molecular complexity index is 1740. The van der Waals surface area contributed by atoms with E-state index in [9.17, 15) is 12.8 Å². The Balaban J connectivity index is 1.52. The molecule has 1 saturated carbocycles. The minimum Gasteiger partial charge on any atom is -0.383 e. The molecule has 4 aromatic rings. The number of ether oxygens (including phenoxy) is 1. The minimum absolute atomic E-state index is 0.112. The molecule has 0 unspecified atom stereocenters. The highest BCUT2D eigenvalue weighted by Crippen LogP contribution is 2.42. The fraction of sp³-hybridized carbons (Fsp3) is 0.400. The zero-order valence-corrected chi connectivity index (χ0v) is 25.0. The zero-order chi connectivity index (χ0) is 30.9. The maximum Gasteiger partial charge on any atom is 0.262 e. The van der Waals surface area contributed by atoms with E-state index in [4.69, 9.17) is 10.5 Å². The van der Waals surface area contributed by atoms with Crippen molar-refractivity contribution >= 4 is 32.4 Å². The van der Waals surface area contributed by atoms with Gasteiger partial charge in [-0.2, -0.15) is 5.10 Å². The van der Waals surface area contributed by atoms with Gasteiger partial charge in [0.15, 0.2) is 0 Å². The lowest BCUT2D eigenvalue weighted by Crippen LogP contribution is -2.34. The molecule has 5 rings (SSSR count). The average molecular weight is 617 g/mol. The number of nitrogen functional groups attached to an aromatic ring is 1. The number of sulfonamides is 1. The van der Waals surface area contributed by atoms with Crippen LogP contribution in [-0.4, -0.2) is 49.5 Å². The van der Waals surface area contributed by atoms with Crippen LogP contribution >= 0.6 is 0 Å². The number of anilines is 2. The second-order valence-electron chi connectivity index (χ2n) is 11.1. The molecule has 2 aromatic carbocycles. The van der Waals surface area contributed by atoms with Crippen molar-refractivity contribution < 1.29 is 26.3 Å². The Hall–Kier alpha value is -3.68. The van der Waals surface area contributed by atoms with Crippen LogP contribution in [0.1, 0.15) is 57.1 Å². The molecule has 2 heterocycles. The van der Waals surface area contributed by atoms with Crippen molar-refractivity contribution in [3.8, 4) is 11.3 Å². The van der Waals surface area contributed by atoms with Crippen LogP contribution < -0.4 is 15.8 Å². The van der Waals surface area contributed by atoms with Gasteiger partial charge in [-0.15, -0.1) is 0 Å². The summed E-state index contributed by atoms with van der Waals surface area (Å²) in [5, 5.41) is 8.62. The second-order valence-corrected chi connectivity index (χ2v) is 12.8. The lowest BCUT2D eigenvalue weighted by molar-refractivity contribution is 0.191. The van der Waals surface area contributed by atoms with Crippen molar-refractivity contribution in [1.29, 1.82) is 0 Å². The number of benzene rings is 2. The highest BCUT2D eigenvalue weighted by molar-refractivity contribution is 7.92. The van der Waals surface area contributed by atoms with Crippen LogP contribution in [0.15, 0.2) is 47.5 Å². The average Bonchev–Trinajstić information content (AvgIpc) is 3.37. The molecule has 0 spiro atoms. The van der Waals surface area contributed by atoms with E-state index in [-0.39, 0.29) is 29.0 Å². The van der Waals surface area contributed by atoms with Gasteiger partial charge in [0.25, 0.3) is 10.0 Å². The monoisotopic (exact) mass is 616 g/mol. The number of hydrogen-bond donors (Lipinski definition) is 3. The van der Waals surface area contributed by atoms with Crippen LogP contribution in [-0.2, 0) is 14.8 Å². The number of hydrogen-bond acceptors (Lipinski definition) is 7. The predicted molar refractivity (Wildman–Crippen MR) is 160 cm³/mol. The summed E-state index contributed by atoms with van der Waals surface area (Å²) in [7, 11) is -2.71. The Morgan fingerprint density at radius 1 is 1.09 bits per heavy atom. The number of nitrogens with two attached hydrogens (primary N) is 1. The highest BCUT2D eigenvalue weighted by atomic mass is 32.2. The fourth-order valence-corrected chi connectivity index (χ4v) is 6.79. The van der Waals surface area contributed by atoms with Gasteiger partial charge in [-0.25, -0.2) is 26.6 Å². The van der Waals surface area contributed by atoms with Gasteiger partial charge in [-0.3, -0.25) is 9.40 Å². The van der Waals surface area contributed by atoms with Gasteiger partial charge in [0.05, 0.1) is 28.1 Å². The van der Waals surface area contributed by atoms with Gasteiger partial charge in [0.1, 0.15) is 29.0 Å². The molecule has 0 radical (unpaired) electrons. The van der Waals surface area contributed by atoms with Crippen LogP contribution in [0.3, 0.4) is 0 Å². The molecule has 1 aliphatic carbocycles. The van der Waals surface area contributed by atoms with Crippen LogP contribution in [0.4, 0.5) is 24.7 Å². The van der Waals surface area contributed by atoms with Gasteiger partial charge in [0.2, 0.25) is 0 Å². The van der Waals surface area contributed by atoms with Crippen molar-refractivity contribution in [2.75, 3.05) is 30.7 Å². The molecule has 43 heavy (non-hydrogen) atoms. The molecule has 230 valence electrons. The molecule has 2 aromatic heterocycles. The Kier molecular flexibility index (Phi) is 8.95. The first-order valence-corrected chi connectivity index (χ1v) is 15.6. The van der Waals surface area contributed by atoms with E-state index in [1.807, 2.05) is 18.6 Å². The number of aromatic nitrogens is 3. The predicted octanol–water partition coefficient (Wildman–Crippen LogP) is 5.74. The molecule has 0 amide bonds. The van der Waals surface area contributed by atoms with Gasteiger partial charge >= 0.3 is 0 Å². The van der Waals surface area contributed by atoms with Crippen molar-refractivity contribution in [2.24, 2.45) is 0 Å². The number of halogens is 3. The van der Waals surface area contributed by atoms with E-state index >= 15 is 8.78 Å². The van der Waals surface area contributed by atoms with Crippen LogP contribution in [0.5, 0.6) is 0 Å². The quantitative estimate of drug-likeness (QED) is 0.194. The first-order valence-electron chi connectivity index (χ1n) is 14.2. The molecule has 4 N–H and O–H groups in total. The first-order chi connectivity index (χ1) is 20.5. The molecule has 0 bridgehead atoms. The van der Waals surface area contributed by atoms with Gasteiger partial charge in [0, 0.05) is 43.6 Å². The van der Waals surface area contributed by atoms with Crippen LogP contribution in [0, 0.1) is 17.5 Å². The molecule has 1 aliphatic rings. The number of pyridine rings is 1. The van der Waals surface area contributed by atoms with E-state index in [1.165, 1.54) is 6.07 Å². The summed E-state index contributed by atoms with van der Waals surface area (Å²) in [5.74, 6) is -2.42. The maximum absolute atomic E-state index is 15.7. The lowest BCUT2D eigenvalue weighted by Gasteiger charge is -2.30. The molecular weight excluding hydrogens is 581 g/mol. The molecule has 0 saturated heterocycles. The smallest absolute Gasteiger partial charge is 0.262 e. The Labute approximate surface area is 248 Å². The van der Waals surface area contributed by atoms with E-state index < -0.39 is 38.1 Å². The van der Waals surface area contributed by atoms with E-state index in [0.717, 1.165) is 73.6 Å². The molecule has 1 fully saturated rings. The summed E-state index contributed by atoms with van der Waals surface area (Å²) in [6.07, 6.45) is 5.51. The number of nitrogens with one attached hydrogen (secondary N) is 2. The second kappa shape index (κ2) is 12.5. The zero-order valence-electron chi connectivity index (χ0n) is 24.2. The number of fused-ring (bicyclic) bond motifs is 1. The molecule has 0 atom stereocenters. The fourth-order valence-electron chi connectivity index (χ4n) is 5.70. The summed E-state index contributed by atoms with van der Waals surface area (Å²) < 4.78 is 79.0. The third kappa shape index (κ3) is 6.34. The summed E-state index contributed by atoms with van der Waals surface area (Å²) in [5.41, 5.74) is 7.33. The molecule has 0 aliphatic heterocycles. The topological polar surface area (TPSA) is 124 Å². The van der Waals surface area contributed by atoms with Crippen molar-refractivity contribution in [2.45, 2.75) is 62.4 Å². The highest BCUT2D eigenvalue weighted by Gasteiger charge is 2.29. The van der Waals surface area contributed by atoms with Gasteiger partial charge in [-0.1, -0.05) is 6.07 Å². The first kappa shape index (κ1) is 30.8. The maximum atomic E-state index is 15.7. The van der Waals surface area contributed by atoms with Crippen molar-refractivity contribution in [3.05, 3.63) is 65.6 Å². The summed E-state index contributed by atoms with van der Waals surface area (Å²) in [6.45, 7) is 5.31. The lowest BCUT2D eigenvalue weighted by atomic mass is 9.81. The number of rotatable bonds is 10. The third-order valence-electron chi connectivity index (χ3n) is 7.84. The Morgan fingerprint density at radius 2 is 1.84 bits per heavy atom. The largest absolute Gasteiger partial charge is 0.383 e. The molecular formula is C30H35F3N6O3S. The number of nitrogens with zero attached hydrogens (tertiary/aromatic N) is 3.